The number of nitrogens with zero attached hydrogens (tertiary/aromatic N) is 1. The molecule has 3 rings (SSSR count). The molecule has 19 heavy (non-hydrogen) atoms. The first-order chi connectivity index (χ1) is 9.08. The fourth-order valence-electron chi connectivity index (χ4n) is 2.23. The molecule has 94 valence electrons. The van der Waals surface area contributed by atoms with E-state index in [1.807, 2.05) is 12.1 Å². The first kappa shape index (κ1) is 11.6. The molecule has 0 saturated heterocycles. The van der Waals surface area contributed by atoms with Gasteiger partial charge in [-0.15, -0.1) is 0 Å². The van der Waals surface area contributed by atoms with Gasteiger partial charge in [-0.25, -0.2) is 4.79 Å². The van der Waals surface area contributed by atoms with Gasteiger partial charge in [0.15, 0.2) is 5.78 Å². The number of aryl methyl sites for hydroxylation is 1. The summed E-state index contributed by atoms with van der Waals surface area (Å²) < 4.78 is 5.24. The SMILES string of the molecule is CC(=O)c1cc2c(=O)oc3ccccc3c2nc1C. The highest BCUT2D eigenvalue weighted by molar-refractivity contribution is 6.05. The van der Waals surface area contributed by atoms with Crippen LogP contribution in [0.2, 0.25) is 0 Å². The van der Waals surface area contributed by atoms with Crippen molar-refractivity contribution in [3.8, 4) is 0 Å². The molecule has 0 amide bonds. The van der Waals surface area contributed by atoms with E-state index in [1.54, 1.807) is 25.1 Å². The molecule has 0 spiro atoms. The van der Waals surface area contributed by atoms with Crippen LogP contribution in [0.15, 0.2) is 39.5 Å². The molecule has 2 heterocycles. The van der Waals surface area contributed by atoms with Gasteiger partial charge < -0.3 is 4.42 Å². The van der Waals surface area contributed by atoms with Crippen LogP contribution in [0.5, 0.6) is 0 Å². The second-order valence-electron chi connectivity index (χ2n) is 4.46. The van der Waals surface area contributed by atoms with E-state index in [0.717, 1.165) is 5.39 Å². The van der Waals surface area contributed by atoms with Crippen molar-refractivity contribution in [1.29, 1.82) is 0 Å². The molecule has 3 aromatic rings. The highest BCUT2D eigenvalue weighted by Crippen LogP contribution is 2.22. The Balaban J connectivity index is 2.56. The third kappa shape index (κ3) is 1.73. The Hall–Kier alpha value is -2.49. The lowest BCUT2D eigenvalue weighted by Crippen LogP contribution is -2.06. The maximum atomic E-state index is 12.0. The zero-order valence-corrected chi connectivity index (χ0v) is 10.6. The Bertz CT molecular complexity index is 878. The Morgan fingerprint density at radius 2 is 1.95 bits per heavy atom. The molecule has 0 aliphatic heterocycles. The van der Waals surface area contributed by atoms with E-state index in [9.17, 15) is 9.59 Å². The lowest BCUT2D eigenvalue weighted by Gasteiger charge is -2.05. The maximum Gasteiger partial charge on any atom is 0.345 e. The van der Waals surface area contributed by atoms with Crippen molar-refractivity contribution >= 4 is 27.7 Å². The second kappa shape index (κ2) is 4.02. The average molecular weight is 253 g/mol. The van der Waals surface area contributed by atoms with Crippen LogP contribution in [0.25, 0.3) is 21.9 Å². The monoisotopic (exact) mass is 253 g/mol. The minimum atomic E-state index is -0.469. The number of para-hydroxylation sites is 1. The zero-order valence-electron chi connectivity index (χ0n) is 10.6. The van der Waals surface area contributed by atoms with Crippen LogP contribution in [0, 0.1) is 6.92 Å². The third-order valence-corrected chi connectivity index (χ3v) is 3.16. The molecular formula is C15H11NO3. The molecule has 0 unspecified atom stereocenters. The van der Waals surface area contributed by atoms with Gasteiger partial charge in [-0.1, -0.05) is 12.1 Å². The minimum Gasteiger partial charge on any atom is -0.422 e. The summed E-state index contributed by atoms with van der Waals surface area (Å²) in [6, 6.07) is 8.80. The van der Waals surface area contributed by atoms with E-state index >= 15 is 0 Å². The quantitative estimate of drug-likeness (QED) is 0.380. The number of carbonyl (C=O) groups excluding carboxylic acids is 1. The molecule has 0 aliphatic carbocycles. The van der Waals surface area contributed by atoms with Crippen LogP contribution >= 0.6 is 0 Å². The lowest BCUT2D eigenvalue weighted by molar-refractivity contribution is 0.101. The largest absolute Gasteiger partial charge is 0.422 e. The summed E-state index contributed by atoms with van der Waals surface area (Å²) >= 11 is 0. The topological polar surface area (TPSA) is 60.2 Å². The number of hydrogen-bond acceptors (Lipinski definition) is 4. The number of rotatable bonds is 1. The summed E-state index contributed by atoms with van der Waals surface area (Å²) in [5.41, 5.74) is 1.69. The van der Waals surface area contributed by atoms with E-state index < -0.39 is 5.63 Å². The zero-order chi connectivity index (χ0) is 13.6. The van der Waals surface area contributed by atoms with Crippen molar-refractivity contribution < 1.29 is 9.21 Å². The van der Waals surface area contributed by atoms with E-state index in [-0.39, 0.29) is 5.78 Å². The Morgan fingerprint density at radius 1 is 1.21 bits per heavy atom. The number of benzene rings is 1. The van der Waals surface area contributed by atoms with E-state index in [1.165, 1.54) is 6.92 Å². The van der Waals surface area contributed by atoms with Crippen molar-refractivity contribution in [3.63, 3.8) is 0 Å². The van der Waals surface area contributed by atoms with E-state index in [4.69, 9.17) is 4.42 Å². The second-order valence-corrected chi connectivity index (χ2v) is 4.46. The highest BCUT2D eigenvalue weighted by Gasteiger charge is 2.13. The molecule has 0 saturated carbocycles. The lowest BCUT2D eigenvalue weighted by atomic mass is 10.1. The van der Waals surface area contributed by atoms with Crippen molar-refractivity contribution in [2.75, 3.05) is 0 Å². The molecular weight excluding hydrogens is 242 g/mol. The van der Waals surface area contributed by atoms with Gasteiger partial charge >= 0.3 is 5.63 Å². The summed E-state index contributed by atoms with van der Waals surface area (Å²) in [7, 11) is 0. The fraction of sp³-hybridized carbons (Fsp3) is 0.133. The van der Waals surface area contributed by atoms with Gasteiger partial charge in [0.2, 0.25) is 0 Å². The Morgan fingerprint density at radius 3 is 2.68 bits per heavy atom. The van der Waals surface area contributed by atoms with Crippen LogP contribution in [0.3, 0.4) is 0 Å². The van der Waals surface area contributed by atoms with Crippen molar-refractivity contribution in [2.45, 2.75) is 13.8 Å². The van der Waals surface area contributed by atoms with Gasteiger partial charge in [0, 0.05) is 16.6 Å². The first-order valence-electron chi connectivity index (χ1n) is 5.92. The van der Waals surface area contributed by atoms with Gasteiger partial charge in [0.1, 0.15) is 5.58 Å². The number of fused-ring (bicyclic) bond motifs is 3. The van der Waals surface area contributed by atoms with Crippen LogP contribution in [0.4, 0.5) is 0 Å². The van der Waals surface area contributed by atoms with Gasteiger partial charge in [-0.05, 0) is 32.0 Å². The molecule has 1 aromatic carbocycles. The molecule has 4 nitrogen and oxygen atoms in total. The van der Waals surface area contributed by atoms with Crippen molar-refractivity contribution in [1.82, 2.24) is 4.98 Å². The maximum absolute atomic E-state index is 12.0. The normalized spacial score (nSPS) is 11.1. The number of carbonyl (C=O) groups is 1. The van der Waals surface area contributed by atoms with E-state index in [2.05, 4.69) is 4.98 Å². The average Bonchev–Trinajstić information content (AvgIpc) is 2.38. The summed E-state index contributed by atoms with van der Waals surface area (Å²) in [4.78, 5) is 27.9. The number of aromatic nitrogens is 1. The molecule has 0 aliphatic rings. The van der Waals surface area contributed by atoms with Crippen molar-refractivity contribution in [3.05, 3.63) is 52.0 Å². The predicted molar refractivity (Wildman–Crippen MR) is 72.5 cm³/mol. The van der Waals surface area contributed by atoms with Crippen LogP contribution in [0.1, 0.15) is 23.0 Å². The number of pyridine rings is 1. The number of ketones is 1. The Labute approximate surface area is 108 Å². The predicted octanol–water partition coefficient (Wildman–Crippen LogP) is 2.85. The standard InChI is InChI=1S/C15H11NO3/c1-8-11(9(2)17)7-12-14(16-8)10-5-3-4-6-13(10)19-15(12)18/h3-7H,1-2H3. The first-order valence-corrected chi connectivity index (χ1v) is 5.92. The summed E-state index contributed by atoms with van der Waals surface area (Å²) in [5.74, 6) is -0.112. The smallest absolute Gasteiger partial charge is 0.345 e. The summed E-state index contributed by atoms with van der Waals surface area (Å²) in [6.07, 6.45) is 0. The third-order valence-electron chi connectivity index (χ3n) is 3.16. The minimum absolute atomic E-state index is 0.112. The number of hydrogen-bond donors (Lipinski definition) is 0. The van der Waals surface area contributed by atoms with E-state index in [0.29, 0.717) is 27.7 Å². The molecule has 2 aromatic heterocycles. The van der Waals surface area contributed by atoms with Gasteiger partial charge in [0.25, 0.3) is 0 Å². The summed E-state index contributed by atoms with van der Waals surface area (Å²) in [5, 5.41) is 1.12. The fourth-order valence-corrected chi connectivity index (χ4v) is 2.23. The van der Waals surface area contributed by atoms with Crippen LogP contribution in [-0.4, -0.2) is 10.8 Å². The van der Waals surface area contributed by atoms with Gasteiger partial charge in [-0.2, -0.15) is 0 Å². The molecule has 0 N–H and O–H groups in total. The molecule has 0 bridgehead atoms. The molecule has 4 heteroatoms. The van der Waals surface area contributed by atoms with Gasteiger partial charge in [-0.3, -0.25) is 9.78 Å². The Kier molecular flexibility index (Phi) is 2.45. The van der Waals surface area contributed by atoms with Gasteiger partial charge in [0.05, 0.1) is 10.9 Å². The van der Waals surface area contributed by atoms with Crippen LogP contribution < -0.4 is 5.63 Å². The molecule has 0 atom stereocenters. The molecule has 0 fully saturated rings. The van der Waals surface area contributed by atoms with Crippen LogP contribution in [-0.2, 0) is 0 Å². The number of Topliss-reactive ketones (excluding diaryl/α,β-unsaturated/α-hetero) is 1. The molecule has 0 radical (unpaired) electrons. The van der Waals surface area contributed by atoms with Crippen molar-refractivity contribution in [2.24, 2.45) is 0 Å². The highest BCUT2D eigenvalue weighted by atomic mass is 16.4. The summed E-state index contributed by atoms with van der Waals surface area (Å²) in [6.45, 7) is 3.22.